The number of benzene rings is 1. The van der Waals surface area contributed by atoms with Crippen molar-refractivity contribution >= 4 is 5.91 Å². The Balaban J connectivity index is 1.73. The number of aryl methyl sites for hydroxylation is 1. The lowest BCUT2D eigenvalue weighted by molar-refractivity contribution is -0.123. The van der Waals surface area contributed by atoms with E-state index in [-0.39, 0.29) is 18.6 Å². The molecule has 1 N–H and O–H groups in total. The van der Waals surface area contributed by atoms with Crippen molar-refractivity contribution in [2.75, 3.05) is 6.61 Å². The van der Waals surface area contributed by atoms with E-state index in [2.05, 4.69) is 24.4 Å². The molecule has 4 heteroatoms. The Morgan fingerprint density at radius 2 is 2.00 bits per heavy atom. The molecule has 0 spiro atoms. The standard InChI is InChI=1S/C19H25NO3/c1-3-4-5-7-16-9-11-17(12-10-16)23-14-19(21)20-15(2)18-8-6-13-22-18/h6,8-13,15H,3-5,7,14H2,1-2H3,(H,20,21). The molecule has 1 aromatic carbocycles. The van der Waals surface area contributed by atoms with E-state index >= 15 is 0 Å². The van der Waals surface area contributed by atoms with Gasteiger partial charge in [0.25, 0.3) is 5.91 Å². The number of amides is 1. The van der Waals surface area contributed by atoms with E-state index in [0.29, 0.717) is 5.75 Å². The molecule has 4 nitrogen and oxygen atoms in total. The number of furan rings is 1. The fourth-order valence-corrected chi connectivity index (χ4v) is 2.37. The highest BCUT2D eigenvalue weighted by molar-refractivity contribution is 5.77. The van der Waals surface area contributed by atoms with Gasteiger partial charge in [0.05, 0.1) is 12.3 Å². The molecule has 0 bridgehead atoms. The summed E-state index contributed by atoms with van der Waals surface area (Å²) in [7, 11) is 0. The summed E-state index contributed by atoms with van der Waals surface area (Å²) in [5, 5.41) is 2.84. The van der Waals surface area contributed by atoms with Crippen LogP contribution in [-0.2, 0) is 11.2 Å². The molecule has 0 saturated carbocycles. The zero-order chi connectivity index (χ0) is 16.5. The molecular weight excluding hydrogens is 290 g/mol. The number of hydrogen-bond acceptors (Lipinski definition) is 3. The predicted octanol–water partition coefficient (Wildman–Crippen LogP) is 4.27. The molecule has 1 aromatic heterocycles. The van der Waals surface area contributed by atoms with Gasteiger partial charge in [0.15, 0.2) is 6.61 Å². The van der Waals surface area contributed by atoms with Gasteiger partial charge in [-0.3, -0.25) is 4.79 Å². The average Bonchev–Trinajstić information content (AvgIpc) is 3.09. The summed E-state index contributed by atoms with van der Waals surface area (Å²) in [5.74, 6) is 1.28. The van der Waals surface area contributed by atoms with Crippen LogP contribution in [0.3, 0.4) is 0 Å². The van der Waals surface area contributed by atoms with Crippen molar-refractivity contribution in [3.63, 3.8) is 0 Å². The fourth-order valence-electron chi connectivity index (χ4n) is 2.37. The first-order valence-electron chi connectivity index (χ1n) is 8.23. The van der Waals surface area contributed by atoms with Gasteiger partial charge in [-0.25, -0.2) is 0 Å². The van der Waals surface area contributed by atoms with Gasteiger partial charge >= 0.3 is 0 Å². The lowest BCUT2D eigenvalue weighted by Gasteiger charge is -2.12. The third kappa shape index (κ3) is 5.81. The van der Waals surface area contributed by atoms with E-state index in [4.69, 9.17) is 9.15 Å². The molecular formula is C19H25NO3. The third-order valence-electron chi connectivity index (χ3n) is 3.71. The highest BCUT2D eigenvalue weighted by Gasteiger charge is 2.12. The van der Waals surface area contributed by atoms with Crippen LogP contribution >= 0.6 is 0 Å². The molecule has 0 radical (unpaired) electrons. The van der Waals surface area contributed by atoms with Gasteiger partial charge < -0.3 is 14.5 Å². The summed E-state index contributed by atoms with van der Waals surface area (Å²) in [6, 6.07) is 11.4. The van der Waals surface area contributed by atoms with Crippen LogP contribution < -0.4 is 10.1 Å². The number of carbonyl (C=O) groups is 1. The molecule has 0 fully saturated rings. The summed E-state index contributed by atoms with van der Waals surface area (Å²) in [6.07, 6.45) is 6.38. The SMILES string of the molecule is CCCCCc1ccc(OCC(=O)NC(C)c2ccco2)cc1. The molecule has 2 aromatic rings. The highest BCUT2D eigenvalue weighted by Crippen LogP contribution is 2.15. The topological polar surface area (TPSA) is 51.5 Å². The fraction of sp³-hybridized carbons (Fsp3) is 0.421. The van der Waals surface area contributed by atoms with Crippen LogP contribution in [0.25, 0.3) is 0 Å². The Bertz CT molecular complexity index is 575. The zero-order valence-electron chi connectivity index (χ0n) is 13.9. The molecule has 0 aliphatic carbocycles. The van der Waals surface area contributed by atoms with Crippen LogP contribution in [-0.4, -0.2) is 12.5 Å². The maximum absolute atomic E-state index is 11.9. The van der Waals surface area contributed by atoms with Crippen molar-refractivity contribution < 1.29 is 13.9 Å². The molecule has 23 heavy (non-hydrogen) atoms. The molecule has 1 amide bonds. The summed E-state index contributed by atoms with van der Waals surface area (Å²) in [5.41, 5.74) is 1.31. The smallest absolute Gasteiger partial charge is 0.258 e. The third-order valence-corrected chi connectivity index (χ3v) is 3.71. The van der Waals surface area contributed by atoms with Gasteiger partial charge in [-0.05, 0) is 49.6 Å². The first kappa shape index (κ1) is 17.1. The summed E-state index contributed by atoms with van der Waals surface area (Å²) in [4.78, 5) is 11.9. The quantitative estimate of drug-likeness (QED) is 0.703. The molecule has 2 rings (SSSR count). The van der Waals surface area contributed by atoms with Gasteiger partial charge in [0.1, 0.15) is 11.5 Å². The summed E-state index contributed by atoms with van der Waals surface area (Å²) in [6.45, 7) is 4.08. The summed E-state index contributed by atoms with van der Waals surface area (Å²) >= 11 is 0. The van der Waals surface area contributed by atoms with Crippen molar-refractivity contribution in [2.45, 2.75) is 45.6 Å². The number of ether oxygens (including phenoxy) is 1. The second kappa shape index (κ2) is 9.03. The lowest BCUT2D eigenvalue weighted by atomic mass is 10.1. The molecule has 1 heterocycles. The Morgan fingerprint density at radius 1 is 1.22 bits per heavy atom. The first-order valence-corrected chi connectivity index (χ1v) is 8.23. The van der Waals surface area contributed by atoms with Crippen molar-refractivity contribution in [2.24, 2.45) is 0 Å². The van der Waals surface area contributed by atoms with Crippen molar-refractivity contribution in [3.8, 4) is 5.75 Å². The minimum absolute atomic E-state index is 0.000228. The van der Waals surface area contributed by atoms with Gasteiger partial charge in [-0.2, -0.15) is 0 Å². The Labute approximate surface area is 137 Å². The van der Waals surface area contributed by atoms with Gasteiger partial charge in [-0.15, -0.1) is 0 Å². The Kier molecular flexibility index (Phi) is 6.73. The Morgan fingerprint density at radius 3 is 2.65 bits per heavy atom. The van der Waals surface area contributed by atoms with E-state index in [0.717, 1.165) is 12.2 Å². The second-order valence-corrected chi connectivity index (χ2v) is 5.69. The number of hydrogen-bond donors (Lipinski definition) is 1. The zero-order valence-corrected chi connectivity index (χ0v) is 13.9. The largest absolute Gasteiger partial charge is 0.484 e. The van der Waals surface area contributed by atoms with Crippen LogP contribution in [0, 0.1) is 0 Å². The van der Waals surface area contributed by atoms with E-state index in [1.165, 1.54) is 24.8 Å². The predicted molar refractivity (Wildman–Crippen MR) is 90.4 cm³/mol. The number of nitrogens with one attached hydrogen (secondary N) is 1. The van der Waals surface area contributed by atoms with Gasteiger partial charge in [0.2, 0.25) is 0 Å². The van der Waals surface area contributed by atoms with Crippen LogP contribution in [0.5, 0.6) is 5.75 Å². The van der Waals surface area contributed by atoms with Crippen LogP contribution in [0.15, 0.2) is 47.1 Å². The molecule has 0 saturated heterocycles. The van der Waals surface area contributed by atoms with Crippen LogP contribution in [0.4, 0.5) is 0 Å². The van der Waals surface area contributed by atoms with Gasteiger partial charge in [-0.1, -0.05) is 31.9 Å². The van der Waals surface area contributed by atoms with Crippen LogP contribution in [0.1, 0.15) is 50.5 Å². The number of carbonyl (C=O) groups excluding carboxylic acids is 1. The maximum atomic E-state index is 11.9. The maximum Gasteiger partial charge on any atom is 0.258 e. The molecule has 0 aliphatic heterocycles. The van der Waals surface area contributed by atoms with Crippen LogP contribution in [0.2, 0.25) is 0 Å². The van der Waals surface area contributed by atoms with Crippen molar-refractivity contribution in [1.29, 1.82) is 0 Å². The molecule has 1 unspecified atom stereocenters. The normalized spacial score (nSPS) is 11.9. The number of unbranched alkanes of at least 4 members (excludes halogenated alkanes) is 2. The van der Waals surface area contributed by atoms with E-state index in [9.17, 15) is 4.79 Å². The Hall–Kier alpha value is -2.23. The van der Waals surface area contributed by atoms with E-state index < -0.39 is 0 Å². The molecule has 124 valence electrons. The van der Waals surface area contributed by atoms with Gasteiger partial charge in [0, 0.05) is 0 Å². The molecule has 1 atom stereocenters. The minimum atomic E-state index is -0.166. The van der Waals surface area contributed by atoms with Crippen molar-refractivity contribution in [1.82, 2.24) is 5.32 Å². The average molecular weight is 315 g/mol. The summed E-state index contributed by atoms with van der Waals surface area (Å²) < 4.78 is 10.8. The molecule has 0 aliphatic rings. The van der Waals surface area contributed by atoms with E-state index in [1.54, 1.807) is 12.3 Å². The second-order valence-electron chi connectivity index (χ2n) is 5.69. The highest BCUT2D eigenvalue weighted by atomic mass is 16.5. The van der Waals surface area contributed by atoms with E-state index in [1.807, 2.05) is 25.1 Å². The van der Waals surface area contributed by atoms with Crippen molar-refractivity contribution in [3.05, 3.63) is 54.0 Å². The lowest BCUT2D eigenvalue weighted by Crippen LogP contribution is -2.31. The minimum Gasteiger partial charge on any atom is -0.484 e. The first-order chi connectivity index (χ1) is 11.2. The number of rotatable bonds is 9. The monoisotopic (exact) mass is 315 g/mol.